The highest BCUT2D eigenvalue weighted by atomic mass is 32.1. The Labute approximate surface area is 185 Å². The van der Waals surface area contributed by atoms with E-state index in [2.05, 4.69) is 15.6 Å². The van der Waals surface area contributed by atoms with E-state index in [9.17, 15) is 18.4 Å². The topological polar surface area (TPSA) is 89.6 Å². The summed E-state index contributed by atoms with van der Waals surface area (Å²) in [5, 5.41) is 5.80. The smallest absolute Gasteiger partial charge is 0.257 e. The van der Waals surface area contributed by atoms with E-state index >= 15 is 0 Å². The van der Waals surface area contributed by atoms with Crippen molar-refractivity contribution in [3.8, 4) is 11.5 Å². The van der Waals surface area contributed by atoms with Crippen molar-refractivity contribution in [3.63, 3.8) is 0 Å². The lowest BCUT2D eigenvalue weighted by Gasteiger charge is -2.20. The molecule has 32 heavy (non-hydrogen) atoms. The molecule has 164 valence electrons. The van der Waals surface area contributed by atoms with Gasteiger partial charge in [0.1, 0.15) is 0 Å². The summed E-state index contributed by atoms with van der Waals surface area (Å²) in [6.45, 7) is 0.119. The first-order valence-electron chi connectivity index (χ1n) is 9.94. The molecule has 1 aromatic heterocycles. The number of hydrogen-bond donors (Lipinski definition) is 2. The Morgan fingerprint density at radius 1 is 1.03 bits per heavy atom. The summed E-state index contributed by atoms with van der Waals surface area (Å²) in [7, 11) is 0. The van der Waals surface area contributed by atoms with Gasteiger partial charge in [0.25, 0.3) is 5.91 Å². The minimum absolute atomic E-state index is 0.119. The summed E-state index contributed by atoms with van der Waals surface area (Å²) in [6, 6.07) is 8.11. The number of nitrogens with one attached hydrogen (secondary N) is 2. The maximum absolute atomic E-state index is 13.5. The van der Waals surface area contributed by atoms with Crippen LogP contribution in [0.5, 0.6) is 11.5 Å². The van der Waals surface area contributed by atoms with E-state index in [0.717, 1.165) is 29.9 Å². The van der Waals surface area contributed by atoms with E-state index in [1.165, 1.54) is 17.4 Å². The van der Waals surface area contributed by atoms with Gasteiger partial charge >= 0.3 is 0 Å². The van der Waals surface area contributed by atoms with Gasteiger partial charge in [0.05, 0.1) is 11.6 Å². The Kier molecular flexibility index (Phi) is 5.22. The second kappa shape index (κ2) is 8.19. The summed E-state index contributed by atoms with van der Waals surface area (Å²) in [6.07, 6.45) is 2.10. The van der Waals surface area contributed by atoms with Gasteiger partial charge in [-0.3, -0.25) is 14.9 Å². The molecule has 0 saturated heterocycles. The molecule has 10 heteroatoms. The number of thiazole rings is 1. The fourth-order valence-electron chi connectivity index (χ4n) is 3.74. The molecule has 5 rings (SSSR count). The first-order valence-corrected chi connectivity index (χ1v) is 10.8. The lowest BCUT2D eigenvalue weighted by atomic mass is 9.90. The summed E-state index contributed by atoms with van der Waals surface area (Å²) in [4.78, 5) is 30.9. The normalized spacial score (nSPS) is 16.4. The number of fused-ring (bicyclic) bond motifs is 2. The van der Waals surface area contributed by atoms with Crippen LogP contribution in [0.2, 0.25) is 0 Å². The van der Waals surface area contributed by atoms with Crippen LogP contribution in [-0.2, 0) is 11.2 Å². The van der Waals surface area contributed by atoms with Crippen molar-refractivity contribution in [1.82, 2.24) is 4.98 Å². The Hall–Kier alpha value is -3.53. The van der Waals surface area contributed by atoms with E-state index in [1.54, 1.807) is 18.2 Å². The monoisotopic (exact) mass is 457 g/mol. The zero-order chi connectivity index (χ0) is 22.2. The van der Waals surface area contributed by atoms with Crippen molar-refractivity contribution in [2.75, 3.05) is 17.4 Å². The quantitative estimate of drug-likeness (QED) is 0.604. The maximum atomic E-state index is 13.5. The van der Waals surface area contributed by atoms with Crippen LogP contribution in [-0.4, -0.2) is 23.6 Å². The van der Waals surface area contributed by atoms with Crippen LogP contribution in [0.15, 0.2) is 36.4 Å². The number of amides is 2. The second-order valence-electron chi connectivity index (χ2n) is 7.41. The van der Waals surface area contributed by atoms with Gasteiger partial charge in [0.2, 0.25) is 12.7 Å². The number of carbonyl (C=O) groups excluding carboxylic acids is 2. The van der Waals surface area contributed by atoms with E-state index in [1.807, 2.05) is 0 Å². The molecule has 1 unspecified atom stereocenters. The number of anilines is 2. The fourth-order valence-corrected chi connectivity index (χ4v) is 4.80. The summed E-state index contributed by atoms with van der Waals surface area (Å²) >= 11 is 1.33. The molecule has 2 N–H and O–H groups in total. The second-order valence-corrected chi connectivity index (χ2v) is 8.50. The maximum Gasteiger partial charge on any atom is 0.257 e. The van der Waals surface area contributed by atoms with E-state index in [4.69, 9.17) is 9.47 Å². The van der Waals surface area contributed by atoms with Crippen LogP contribution in [0.1, 0.15) is 39.7 Å². The van der Waals surface area contributed by atoms with Crippen LogP contribution in [0.4, 0.5) is 19.6 Å². The van der Waals surface area contributed by atoms with Crippen molar-refractivity contribution in [1.29, 1.82) is 0 Å². The van der Waals surface area contributed by atoms with Crippen molar-refractivity contribution in [3.05, 3.63) is 64.2 Å². The summed E-state index contributed by atoms with van der Waals surface area (Å²) in [5.74, 6) is -2.17. The molecule has 0 bridgehead atoms. The van der Waals surface area contributed by atoms with Gasteiger partial charge in [-0.2, -0.15) is 0 Å². The number of benzene rings is 2. The van der Waals surface area contributed by atoms with Crippen molar-refractivity contribution in [2.24, 2.45) is 0 Å². The predicted octanol–water partition coefficient (Wildman–Crippen LogP) is 4.46. The molecule has 1 aliphatic carbocycles. The average molecular weight is 457 g/mol. The van der Waals surface area contributed by atoms with Crippen LogP contribution < -0.4 is 20.1 Å². The zero-order valence-corrected chi connectivity index (χ0v) is 17.4. The van der Waals surface area contributed by atoms with Gasteiger partial charge in [-0.1, -0.05) is 0 Å². The third-order valence-electron chi connectivity index (χ3n) is 5.31. The van der Waals surface area contributed by atoms with Gasteiger partial charge in [-0.25, -0.2) is 13.8 Å². The molecule has 7 nitrogen and oxygen atoms in total. The van der Waals surface area contributed by atoms with Crippen LogP contribution in [0.3, 0.4) is 0 Å². The number of halogens is 2. The molecular weight excluding hydrogens is 440 g/mol. The van der Waals surface area contributed by atoms with Crippen LogP contribution in [0, 0.1) is 11.6 Å². The first-order chi connectivity index (χ1) is 15.5. The molecule has 2 heterocycles. The molecule has 1 aliphatic heterocycles. The van der Waals surface area contributed by atoms with Crippen LogP contribution in [0.25, 0.3) is 0 Å². The summed E-state index contributed by atoms with van der Waals surface area (Å²) in [5.41, 5.74) is 1.17. The molecule has 0 radical (unpaired) electrons. The van der Waals surface area contributed by atoms with Crippen LogP contribution >= 0.6 is 11.3 Å². The molecule has 2 aliphatic rings. The molecule has 0 fully saturated rings. The van der Waals surface area contributed by atoms with E-state index in [0.29, 0.717) is 34.3 Å². The number of carbonyl (C=O) groups is 2. The van der Waals surface area contributed by atoms with Gasteiger partial charge in [-0.15, -0.1) is 11.3 Å². The predicted molar refractivity (Wildman–Crippen MR) is 113 cm³/mol. The molecular formula is C22H17F2N3O4S. The van der Waals surface area contributed by atoms with Gasteiger partial charge in [0, 0.05) is 22.2 Å². The zero-order valence-electron chi connectivity index (χ0n) is 16.6. The minimum atomic E-state index is -1.03. The number of nitrogens with zero attached hydrogens (tertiary/aromatic N) is 1. The minimum Gasteiger partial charge on any atom is -0.454 e. The largest absolute Gasteiger partial charge is 0.454 e. The standard InChI is InChI=1S/C22H17F2N3O4S/c23-14-6-5-12(9-15(14)24)25-21(29)13-2-1-3-18-19(13)26-22(32-18)27-20(28)11-4-7-16-17(8-11)31-10-30-16/h4-9,13H,1-3,10H2,(H,25,29)(H,26,27,28). The molecule has 0 spiro atoms. The van der Waals surface area contributed by atoms with Crippen molar-refractivity contribution in [2.45, 2.75) is 25.2 Å². The fraction of sp³-hybridized carbons (Fsp3) is 0.227. The highest BCUT2D eigenvalue weighted by molar-refractivity contribution is 7.16. The van der Waals surface area contributed by atoms with E-state index in [-0.39, 0.29) is 24.3 Å². The number of hydrogen-bond acceptors (Lipinski definition) is 6. The number of aromatic nitrogens is 1. The Balaban J connectivity index is 1.32. The lowest BCUT2D eigenvalue weighted by molar-refractivity contribution is -0.117. The molecule has 2 aromatic carbocycles. The Morgan fingerprint density at radius 2 is 1.88 bits per heavy atom. The highest BCUT2D eigenvalue weighted by Gasteiger charge is 2.31. The molecule has 1 atom stereocenters. The Morgan fingerprint density at radius 3 is 2.72 bits per heavy atom. The summed E-state index contributed by atoms with van der Waals surface area (Å²) < 4.78 is 37.2. The molecule has 2 amide bonds. The van der Waals surface area contributed by atoms with Gasteiger partial charge in [0.15, 0.2) is 28.3 Å². The molecule has 3 aromatic rings. The number of rotatable bonds is 4. The lowest BCUT2D eigenvalue weighted by Crippen LogP contribution is -2.24. The first kappa shape index (κ1) is 20.4. The Bertz CT molecular complexity index is 1230. The average Bonchev–Trinajstić information content (AvgIpc) is 3.41. The van der Waals surface area contributed by atoms with Gasteiger partial charge in [-0.05, 0) is 49.6 Å². The third-order valence-corrected chi connectivity index (χ3v) is 6.36. The van der Waals surface area contributed by atoms with E-state index < -0.39 is 17.6 Å². The number of aryl methyl sites for hydroxylation is 1. The van der Waals surface area contributed by atoms with Crippen molar-refractivity contribution >= 4 is 34.0 Å². The SMILES string of the molecule is O=C(Nc1nc2c(s1)CCCC2C(=O)Nc1ccc(F)c(F)c1)c1ccc2c(c1)OCO2. The third kappa shape index (κ3) is 3.89. The van der Waals surface area contributed by atoms with Gasteiger partial charge < -0.3 is 14.8 Å². The van der Waals surface area contributed by atoms with Crippen molar-refractivity contribution < 1.29 is 27.8 Å². The number of ether oxygens (including phenoxy) is 2. The molecule has 0 saturated carbocycles. The highest BCUT2D eigenvalue weighted by Crippen LogP contribution is 2.38.